The first kappa shape index (κ1) is 15.1. The van der Waals surface area contributed by atoms with Crippen LogP contribution in [0.1, 0.15) is 16.7 Å². The molecule has 1 aromatic heterocycles. The Balaban J connectivity index is 2.27. The Labute approximate surface area is 127 Å². The maximum absolute atomic E-state index is 12.5. The van der Waals surface area contributed by atoms with Crippen molar-refractivity contribution in [2.45, 2.75) is 19.6 Å². The third kappa shape index (κ3) is 3.41. The van der Waals surface area contributed by atoms with E-state index in [4.69, 9.17) is 0 Å². The van der Waals surface area contributed by atoms with Crippen LogP contribution in [-0.2, 0) is 12.7 Å². The molecule has 0 spiro atoms. The molecule has 2 rings (SSSR count). The summed E-state index contributed by atoms with van der Waals surface area (Å²) < 4.78 is 39.8. The van der Waals surface area contributed by atoms with E-state index in [0.29, 0.717) is 5.56 Å². The van der Waals surface area contributed by atoms with Crippen LogP contribution in [0, 0.1) is 10.5 Å². The summed E-state index contributed by atoms with van der Waals surface area (Å²) in [5, 5.41) is 0. The monoisotopic (exact) mass is 393 g/mol. The maximum Gasteiger partial charge on any atom is 0.416 e. The number of hydrogen-bond acceptors (Lipinski definition) is 1. The summed E-state index contributed by atoms with van der Waals surface area (Å²) in [6.07, 6.45) is -2.63. The molecule has 0 unspecified atom stereocenters. The van der Waals surface area contributed by atoms with Gasteiger partial charge in [0.2, 0.25) is 0 Å². The van der Waals surface area contributed by atoms with Gasteiger partial charge in [0.25, 0.3) is 5.56 Å². The molecule has 1 heterocycles. The second kappa shape index (κ2) is 5.59. The zero-order chi connectivity index (χ0) is 14.9. The van der Waals surface area contributed by atoms with Crippen molar-refractivity contribution in [2.75, 3.05) is 0 Å². The normalized spacial score (nSPS) is 11.7. The maximum atomic E-state index is 12.5. The molecule has 0 aliphatic heterocycles. The number of alkyl halides is 3. The second-order valence-electron chi connectivity index (χ2n) is 4.47. The lowest BCUT2D eigenvalue weighted by Gasteiger charge is -2.10. The topological polar surface area (TPSA) is 22.0 Å². The Kier molecular flexibility index (Phi) is 4.22. The number of aromatic nitrogens is 1. The van der Waals surface area contributed by atoms with Crippen molar-refractivity contribution in [2.24, 2.45) is 0 Å². The van der Waals surface area contributed by atoms with Crippen LogP contribution in [0.25, 0.3) is 0 Å². The number of aryl methyl sites for hydroxylation is 1. The molecule has 0 amide bonds. The van der Waals surface area contributed by atoms with E-state index in [9.17, 15) is 18.0 Å². The van der Waals surface area contributed by atoms with Gasteiger partial charge in [-0.2, -0.15) is 13.2 Å². The van der Waals surface area contributed by atoms with Crippen LogP contribution in [0.15, 0.2) is 41.3 Å². The molecule has 0 aliphatic rings. The molecule has 106 valence electrons. The lowest BCUT2D eigenvalue weighted by Crippen LogP contribution is -2.20. The Hall–Kier alpha value is -1.31. The minimum atomic E-state index is -4.34. The number of nitrogens with zero attached hydrogens (tertiary/aromatic N) is 1. The SMILES string of the molecule is Cc1cc(=O)n(Cc2ccc(C(F)(F)F)cc2)cc1I. The highest BCUT2D eigenvalue weighted by molar-refractivity contribution is 14.1. The highest BCUT2D eigenvalue weighted by atomic mass is 127. The molecule has 0 atom stereocenters. The molecule has 0 saturated heterocycles. The number of rotatable bonds is 2. The van der Waals surface area contributed by atoms with Gasteiger partial charge in [-0.15, -0.1) is 0 Å². The zero-order valence-corrected chi connectivity index (χ0v) is 12.7. The molecule has 0 bridgehead atoms. The molecular weight excluding hydrogens is 382 g/mol. The van der Waals surface area contributed by atoms with E-state index in [-0.39, 0.29) is 12.1 Å². The van der Waals surface area contributed by atoms with Gasteiger partial charge in [-0.25, -0.2) is 0 Å². The number of benzene rings is 1. The van der Waals surface area contributed by atoms with Gasteiger partial charge in [0.1, 0.15) is 0 Å². The summed E-state index contributed by atoms with van der Waals surface area (Å²) in [5.74, 6) is 0. The van der Waals surface area contributed by atoms with Crippen LogP contribution in [0.4, 0.5) is 13.2 Å². The van der Waals surface area contributed by atoms with Gasteiger partial charge in [0, 0.05) is 15.8 Å². The first-order valence-corrected chi connectivity index (χ1v) is 6.88. The Morgan fingerprint density at radius 3 is 2.35 bits per heavy atom. The van der Waals surface area contributed by atoms with E-state index in [1.54, 1.807) is 6.20 Å². The Bertz CT molecular complexity index is 674. The average molecular weight is 393 g/mol. The molecule has 1 aromatic carbocycles. The highest BCUT2D eigenvalue weighted by Crippen LogP contribution is 2.29. The van der Waals surface area contributed by atoms with Gasteiger partial charge in [-0.3, -0.25) is 4.79 Å². The van der Waals surface area contributed by atoms with E-state index < -0.39 is 11.7 Å². The summed E-state index contributed by atoms with van der Waals surface area (Å²) in [6, 6.07) is 6.36. The van der Waals surface area contributed by atoms with E-state index in [2.05, 4.69) is 22.6 Å². The third-order valence-corrected chi connectivity index (χ3v) is 4.03. The minimum absolute atomic E-state index is 0.164. The summed E-state index contributed by atoms with van der Waals surface area (Å²) in [7, 11) is 0. The third-order valence-electron chi connectivity index (χ3n) is 2.90. The standard InChI is InChI=1S/C14H11F3INO/c1-9-6-13(20)19(8-12(9)18)7-10-2-4-11(5-3-10)14(15,16)17/h2-6,8H,7H2,1H3. The highest BCUT2D eigenvalue weighted by Gasteiger charge is 2.29. The van der Waals surface area contributed by atoms with E-state index in [1.165, 1.54) is 22.8 Å². The molecule has 0 saturated carbocycles. The van der Waals surface area contributed by atoms with E-state index >= 15 is 0 Å². The number of halogens is 4. The van der Waals surface area contributed by atoms with Crippen molar-refractivity contribution in [3.05, 3.63) is 67.1 Å². The van der Waals surface area contributed by atoms with Gasteiger partial charge in [-0.1, -0.05) is 12.1 Å². The number of hydrogen-bond donors (Lipinski definition) is 0. The Morgan fingerprint density at radius 2 is 1.80 bits per heavy atom. The van der Waals surface area contributed by atoms with Gasteiger partial charge in [0.15, 0.2) is 0 Å². The van der Waals surface area contributed by atoms with Crippen LogP contribution < -0.4 is 5.56 Å². The lowest BCUT2D eigenvalue weighted by molar-refractivity contribution is -0.137. The van der Waals surface area contributed by atoms with Crippen LogP contribution in [0.3, 0.4) is 0 Å². The largest absolute Gasteiger partial charge is 0.416 e. The molecule has 6 heteroatoms. The first-order valence-electron chi connectivity index (χ1n) is 5.80. The van der Waals surface area contributed by atoms with Crippen molar-refractivity contribution in [3.8, 4) is 0 Å². The second-order valence-corrected chi connectivity index (χ2v) is 5.63. The van der Waals surface area contributed by atoms with E-state index in [1.807, 2.05) is 6.92 Å². The minimum Gasteiger partial charge on any atom is -0.310 e. The van der Waals surface area contributed by atoms with E-state index in [0.717, 1.165) is 21.3 Å². The molecular formula is C14H11F3INO. The first-order chi connectivity index (χ1) is 9.27. The number of pyridine rings is 1. The van der Waals surface area contributed by atoms with Gasteiger partial charge < -0.3 is 4.57 Å². The van der Waals surface area contributed by atoms with Crippen LogP contribution in [0.5, 0.6) is 0 Å². The molecule has 2 aromatic rings. The van der Waals surface area contributed by atoms with Gasteiger partial charge >= 0.3 is 6.18 Å². The van der Waals surface area contributed by atoms with Crippen LogP contribution in [0.2, 0.25) is 0 Å². The predicted octanol–water partition coefficient (Wildman–Crippen LogP) is 3.83. The molecule has 20 heavy (non-hydrogen) atoms. The molecule has 0 radical (unpaired) electrons. The molecule has 0 N–H and O–H groups in total. The zero-order valence-electron chi connectivity index (χ0n) is 10.5. The average Bonchev–Trinajstić information content (AvgIpc) is 2.35. The van der Waals surface area contributed by atoms with Crippen molar-refractivity contribution in [1.82, 2.24) is 4.57 Å². The predicted molar refractivity (Wildman–Crippen MR) is 78.7 cm³/mol. The van der Waals surface area contributed by atoms with Crippen molar-refractivity contribution >= 4 is 22.6 Å². The summed E-state index contributed by atoms with van der Waals surface area (Å²) in [5.41, 5.74) is 0.689. The van der Waals surface area contributed by atoms with Gasteiger partial charge in [0.05, 0.1) is 12.1 Å². The Morgan fingerprint density at radius 1 is 1.20 bits per heavy atom. The summed E-state index contributed by atoms with van der Waals surface area (Å²) in [4.78, 5) is 11.8. The smallest absolute Gasteiger partial charge is 0.310 e. The summed E-state index contributed by atoms with van der Waals surface area (Å²) >= 11 is 2.12. The molecule has 0 aliphatic carbocycles. The summed E-state index contributed by atoms with van der Waals surface area (Å²) in [6.45, 7) is 2.10. The van der Waals surface area contributed by atoms with Crippen LogP contribution >= 0.6 is 22.6 Å². The van der Waals surface area contributed by atoms with Crippen LogP contribution in [-0.4, -0.2) is 4.57 Å². The van der Waals surface area contributed by atoms with Crippen molar-refractivity contribution in [3.63, 3.8) is 0 Å². The lowest BCUT2D eigenvalue weighted by atomic mass is 10.1. The van der Waals surface area contributed by atoms with Crippen molar-refractivity contribution in [1.29, 1.82) is 0 Å². The fraction of sp³-hybridized carbons (Fsp3) is 0.214. The van der Waals surface area contributed by atoms with Crippen molar-refractivity contribution < 1.29 is 13.2 Å². The fourth-order valence-corrected chi connectivity index (χ4v) is 2.25. The quantitative estimate of drug-likeness (QED) is 0.712. The molecule has 2 nitrogen and oxygen atoms in total. The van der Waals surface area contributed by atoms with Gasteiger partial charge in [-0.05, 0) is 52.8 Å². The fourth-order valence-electron chi connectivity index (χ4n) is 1.76. The molecule has 0 fully saturated rings.